The van der Waals surface area contributed by atoms with Crippen LogP contribution in [-0.2, 0) is 4.74 Å². The summed E-state index contributed by atoms with van der Waals surface area (Å²) in [5.41, 5.74) is 6.33. The quantitative estimate of drug-likeness (QED) is 0.453. The third-order valence-corrected chi connectivity index (χ3v) is 2.04. The second-order valence-electron chi connectivity index (χ2n) is 3.03. The van der Waals surface area contributed by atoms with Crippen LogP contribution < -0.4 is 11.1 Å². The lowest BCUT2D eigenvalue weighted by atomic mass is 10.0. The average molecular weight is 168 g/mol. The van der Waals surface area contributed by atoms with Crippen LogP contribution in [0.25, 0.3) is 0 Å². The Morgan fingerprint density at radius 2 is 2.50 bits per heavy atom. The molecule has 2 rings (SSSR count). The van der Waals surface area contributed by atoms with Crippen molar-refractivity contribution in [1.29, 1.82) is 0 Å². The van der Waals surface area contributed by atoms with Gasteiger partial charge in [-0.2, -0.15) is 0 Å². The Hall–Kier alpha value is -1.00. The molecule has 0 radical (unpaired) electrons. The number of rotatable bonds is 0. The van der Waals surface area contributed by atoms with E-state index in [-0.39, 0.29) is 6.04 Å². The first-order chi connectivity index (χ1) is 5.75. The van der Waals surface area contributed by atoms with Crippen LogP contribution in [0.1, 0.15) is 6.42 Å². The number of allylic oxidation sites excluding steroid dienone is 1. The highest BCUT2D eigenvalue weighted by atomic mass is 16.5. The minimum atomic E-state index is -0.556. The summed E-state index contributed by atoms with van der Waals surface area (Å²) in [6, 6.07) is 0.0982. The molecule has 66 valence electrons. The molecule has 0 aromatic rings. The molecule has 0 saturated carbocycles. The topological polar surface area (TPSA) is 67.5 Å². The number of ether oxygens (including phenoxy) is 1. The van der Waals surface area contributed by atoms with E-state index in [2.05, 4.69) is 5.32 Å². The second kappa shape index (κ2) is 2.80. The van der Waals surface area contributed by atoms with Gasteiger partial charge in [0.05, 0.1) is 6.04 Å². The van der Waals surface area contributed by atoms with Gasteiger partial charge in [-0.15, -0.1) is 0 Å². The molecule has 2 aliphatic rings. The molecule has 1 heterocycles. The summed E-state index contributed by atoms with van der Waals surface area (Å²) in [5, 5.41) is 12.2. The molecule has 4 N–H and O–H groups in total. The van der Waals surface area contributed by atoms with Crippen molar-refractivity contribution in [2.45, 2.75) is 18.7 Å². The highest BCUT2D eigenvalue weighted by Crippen LogP contribution is 2.20. The van der Waals surface area contributed by atoms with Gasteiger partial charge >= 0.3 is 0 Å². The predicted molar refractivity (Wildman–Crippen MR) is 43.9 cm³/mol. The van der Waals surface area contributed by atoms with Crippen molar-refractivity contribution < 1.29 is 9.84 Å². The number of hydrogen-bond donors (Lipinski definition) is 3. The molecule has 1 saturated heterocycles. The van der Waals surface area contributed by atoms with Crippen molar-refractivity contribution in [1.82, 2.24) is 5.32 Å². The predicted octanol–water partition coefficient (Wildman–Crippen LogP) is -0.577. The SMILES string of the molecule is NC1=CCC2NC(O)COC2=C1. The Morgan fingerprint density at radius 1 is 1.67 bits per heavy atom. The summed E-state index contributed by atoms with van der Waals surface area (Å²) in [7, 11) is 0. The molecule has 0 bridgehead atoms. The minimum Gasteiger partial charge on any atom is -0.492 e. The fourth-order valence-corrected chi connectivity index (χ4v) is 1.44. The van der Waals surface area contributed by atoms with E-state index in [1.54, 1.807) is 6.08 Å². The summed E-state index contributed by atoms with van der Waals surface area (Å²) >= 11 is 0. The van der Waals surface area contributed by atoms with Gasteiger partial charge in [-0.05, 0) is 6.42 Å². The van der Waals surface area contributed by atoms with Gasteiger partial charge in [0, 0.05) is 11.8 Å². The van der Waals surface area contributed by atoms with Gasteiger partial charge < -0.3 is 15.6 Å². The summed E-state index contributed by atoms with van der Waals surface area (Å²) < 4.78 is 5.29. The number of aliphatic hydroxyl groups is 1. The molecule has 1 aliphatic heterocycles. The van der Waals surface area contributed by atoms with Gasteiger partial charge in [0.1, 0.15) is 18.6 Å². The smallest absolute Gasteiger partial charge is 0.139 e. The molecule has 0 amide bonds. The van der Waals surface area contributed by atoms with E-state index in [1.807, 2.05) is 6.08 Å². The number of aliphatic hydroxyl groups excluding tert-OH is 1. The first-order valence-electron chi connectivity index (χ1n) is 4.00. The number of hydrogen-bond acceptors (Lipinski definition) is 4. The molecule has 0 aromatic heterocycles. The Labute approximate surface area is 70.7 Å². The van der Waals surface area contributed by atoms with Crippen molar-refractivity contribution in [3.63, 3.8) is 0 Å². The van der Waals surface area contributed by atoms with Gasteiger partial charge in [0.25, 0.3) is 0 Å². The normalized spacial score (nSPS) is 34.4. The van der Waals surface area contributed by atoms with E-state index in [4.69, 9.17) is 10.5 Å². The Balaban J connectivity index is 2.13. The lowest BCUT2D eigenvalue weighted by Gasteiger charge is -2.32. The van der Waals surface area contributed by atoms with E-state index >= 15 is 0 Å². The van der Waals surface area contributed by atoms with Crippen LogP contribution in [0.3, 0.4) is 0 Å². The minimum absolute atomic E-state index is 0.0982. The zero-order chi connectivity index (χ0) is 8.55. The van der Waals surface area contributed by atoms with Crippen LogP contribution in [0.5, 0.6) is 0 Å². The average Bonchev–Trinajstić information content (AvgIpc) is 2.05. The first-order valence-corrected chi connectivity index (χ1v) is 4.00. The van der Waals surface area contributed by atoms with Crippen LogP contribution in [0, 0.1) is 0 Å². The summed E-state index contributed by atoms with van der Waals surface area (Å²) in [5.74, 6) is 0.834. The van der Waals surface area contributed by atoms with Gasteiger partial charge in [-0.3, -0.25) is 5.32 Å². The third kappa shape index (κ3) is 1.31. The number of morpholine rings is 1. The standard InChI is InChI=1S/C8H12N2O2/c9-5-1-2-6-7(3-5)12-4-8(11)10-6/h1,3,6,8,10-11H,2,4,9H2. The number of nitrogens with two attached hydrogens (primary N) is 1. The maximum atomic E-state index is 9.20. The Bertz CT molecular complexity index is 247. The molecule has 2 unspecified atom stereocenters. The van der Waals surface area contributed by atoms with E-state index in [1.165, 1.54) is 0 Å². The van der Waals surface area contributed by atoms with E-state index in [9.17, 15) is 5.11 Å². The highest BCUT2D eigenvalue weighted by Gasteiger charge is 2.26. The molecular formula is C8H12N2O2. The monoisotopic (exact) mass is 168 g/mol. The second-order valence-corrected chi connectivity index (χ2v) is 3.03. The molecule has 2 atom stereocenters. The van der Waals surface area contributed by atoms with Crippen molar-refractivity contribution in [2.24, 2.45) is 5.73 Å². The van der Waals surface area contributed by atoms with Gasteiger partial charge in [0.2, 0.25) is 0 Å². The molecule has 0 spiro atoms. The molecule has 4 heteroatoms. The van der Waals surface area contributed by atoms with E-state index in [0.717, 1.165) is 17.9 Å². The van der Waals surface area contributed by atoms with Crippen LogP contribution in [0.4, 0.5) is 0 Å². The summed E-state index contributed by atoms with van der Waals surface area (Å²) in [4.78, 5) is 0. The fourth-order valence-electron chi connectivity index (χ4n) is 1.44. The van der Waals surface area contributed by atoms with Gasteiger partial charge in [-0.1, -0.05) is 6.08 Å². The lowest BCUT2D eigenvalue weighted by molar-refractivity contribution is -0.00135. The molecule has 0 aromatic carbocycles. The van der Waals surface area contributed by atoms with E-state index in [0.29, 0.717) is 6.61 Å². The molecular weight excluding hydrogens is 156 g/mol. The largest absolute Gasteiger partial charge is 0.492 e. The Kier molecular flexibility index (Phi) is 1.78. The van der Waals surface area contributed by atoms with Gasteiger partial charge in [-0.25, -0.2) is 0 Å². The summed E-state index contributed by atoms with van der Waals surface area (Å²) in [6.07, 6.45) is 3.95. The molecule has 12 heavy (non-hydrogen) atoms. The highest BCUT2D eigenvalue weighted by molar-refractivity contribution is 5.27. The Morgan fingerprint density at radius 3 is 3.33 bits per heavy atom. The maximum Gasteiger partial charge on any atom is 0.139 e. The van der Waals surface area contributed by atoms with E-state index < -0.39 is 6.23 Å². The van der Waals surface area contributed by atoms with Crippen LogP contribution in [0.15, 0.2) is 23.6 Å². The summed E-state index contributed by atoms with van der Waals surface area (Å²) in [6.45, 7) is 0.301. The van der Waals surface area contributed by atoms with Gasteiger partial charge in [0.15, 0.2) is 0 Å². The maximum absolute atomic E-state index is 9.20. The lowest BCUT2D eigenvalue weighted by Crippen LogP contribution is -2.48. The zero-order valence-corrected chi connectivity index (χ0v) is 6.66. The van der Waals surface area contributed by atoms with Crippen molar-refractivity contribution in [2.75, 3.05) is 6.61 Å². The molecule has 4 nitrogen and oxygen atoms in total. The number of nitrogens with one attached hydrogen (secondary N) is 1. The molecule has 1 fully saturated rings. The first kappa shape index (κ1) is 7.64. The van der Waals surface area contributed by atoms with Crippen molar-refractivity contribution >= 4 is 0 Å². The van der Waals surface area contributed by atoms with Crippen LogP contribution in [0.2, 0.25) is 0 Å². The van der Waals surface area contributed by atoms with Crippen LogP contribution >= 0.6 is 0 Å². The van der Waals surface area contributed by atoms with Crippen LogP contribution in [-0.4, -0.2) is 24.0 Å². The fraction of sp³-hybridized carbons (Fsp3) is 0.500. The van der Waals surface area contributed by atoms with Crippen molar-refractivity contribution in [3.8, 4) is 0 Å². The zero-order valence-electron chi connectivity index (χ0n) is 6.66. The third-order valence-electron chi connectivity index (χ3n) is 2.04. The number of fused-ring (bicyclic) bond motifs is 1. The van der Waals surface area contributed by atoms with Crippen molar-refractivity contribution in [3.05, 3.63) is 23.6 Å². The molecule has 1 aliphatic carbocycles.